The third-order valence-corrected chi connectivity index (χ3v) is 5.43. The van der Waals surface area contributed by atoms with Crippen molar-refractivity contribution in [2.75, 3.05) is 5.32 Å². The zero-order valence-electron chi connectivity index (χ0n) is 15.7. The largest absolute Gasteiger partial charge is 0.324 e. The lowest BCUT2D eigenvalue weighted by Gasteiger charge is -2.10. The van der Waals surface area contributed by atoms with Crippen LogP contribution in [0.15, 0.2) is 65.8 Å². The van der Waals surface area contributed by atoms with E-state index in [1.807, 2.05) is 30.3 Å². The Hall–Kier alpha value is -3.34. The summed E-state index contributed by atoms with van der Waals surface area (Å²) in [5.74, 6) is 0.273. The first-order valence-corrected chi connectivity index (χ1v) is 10.6. The highest BCUT2D eigenvalue weighted by Gasteiger charge is 2.14. The molecular weight excluding hydrogens is 426 g/mol. The maximum absolute atomic E-state index is 11.5. The summed E-state index contributed by atoms with van der Waals surface area (Å²) in [4.78, 5) is 10.1. The van der Waals surface area contributed by atoms with Gasteiger partial charge in [0.05, 0.1) is 28.0 Å². The average molecular weight is 442 g/mol. The van der Waals surface area contributed by atoms with E-state index in [0.717, 1.165) is 5.69 Å². The first-order chi connectivity index (χ1) is 14.3. The van der Waals surface area contributed by atoms with E-state index < -0.39 is 10.0 Å². The van der Waals surface area contributed by atoms with Crippen LogP contribution in [-0.2, 0) is 10.0 Å². The molecule has 2 aromatic carbocycles. The number of halogens is 1. The molecule has 2 heterocycles. The highest BCUT2D eigenvalue weighted by Crippen LogP contribution is 2.27. The minimum absolute atomic E-state index is 0.0285. The minimum Gasteiger partial charge on any atom is -0.324 e. The predicted octanol–water partition coefficient (Wildman–Crippen LogP) is 3.08. The fourth-order valence-corrected chi connectivity index (χ4v) is 3.52. The van der Waals surface area contributed by atoms with Gasteiger partial charge in [-0.2, -0.15) is 9.90 Å². The molecule has 0 saturated heterocycles. The lowest BCUT2D eigenvalue weighted by Crippen LogP contribution is -2.12. The first kappa shape index (κ1) is 20.0. The third kappa shape index (κ3) is 4.15. The van der Waals surface area contributed by atoms with Gasteiger partial charge in [0.1, 0.15) is 11.4 Å². The third-order valence-electron chi connectivity index (χ3n) is 4.24. The van der Waals surface area contributed by atoms with Crippen molar-refractivity contribution in [3.05, 3.63) is 71.5 Å². The van der Waals surface area contributed by atoms with Crippen LogP contribution in [0.5, 0.6) is 0 Å². The van der Waals surface area contributed by atoms with E-state index in [-0.39, 0.29) is 10.8 Å². The predicted molar refractivity (Wildman–Crippen MR) is 113 cm³/mol. The molecule has 152 valence electrons. The van der Waals surface area contributed by atoms with E-state index in [2.05, 4.69) is 25.5 Å². The van der Waals surface area contributed by atoms with Gasteiger partial charge < -0.3 is 5.32 Å². The van der Waals surface area contributed by atoms with Crippen molar-refractivity contribution in [2.24, 2.45) is 5.14 Å². The SMILES string of the molecule is Cc1cc(S(N)(=O)=O)ccc1Nc1ncc(Cl)c(-c2cnn(-c3ccccc3)n2)n1. The van der Waals surface area contributed by atoms with Crippen LogP contribution < -0.4 is 10.5 Å². The van der Waals surface area contributed by atoms with Crippen molar-refractivity contribution < 1.29 is 8.42 Å². The van der Waals surface area contributed by atoms with E-state index in [9.17, 15) is 8.42 Å². The Kier molecular flexibility index (Phi) is 5.20. The quantitative estimate of drug-likeness (QED) is 0.486. The summed E-state index contributed by atoms with van der Waals surface area (Å²) in [7, 11) is -3.78. The van der Waals surface area contributed by atoms with Crippen LogP contribution in [0.4, 0.5) is 11.6 Å². The highest BCUT2D eigenvalue weighted by molar-refractivity contribution is 7.89. The number of aromatic nitrogens is 5. The summed E-state index contributed by atoms with van der Waals surface area (Å²) in [6.07, 6.45) is 3.03. The van der Waals surface area contributed by atoms with Crippen LogP contribution in [0.25, 0.3) is 17.1 Å². The van der Waals surface area contributed by atoms with Gasteiger partial charge in [0.25, 0.3) is 0 Å². The number of primary sulfonamides is 1. The van der Waals surface area contributed by atoms with E-state index >= 15 is 0 Å². The molecule has 0 aliphatic heterocycles. The van der Waals surface area contributed by atoms with Crippen LogP contribution in [0.2, 0.25) is 5.02 Å². The first-order valence-electron chi connectivity index (χ1n) is 8.72. The Morgan fingerprint density at radius 2 is 1.87 bits per heavy atom. The summed E-state index contributed by atoms with van der Waals surface area (Å²) in [5.41, 5.74) is 2.99. The number of aryl methyl sites for hydroxylation is 1. The second kappa shape index (κ2) is 7.82. The van der Waals surface area contributed by atoms with Gasteiger partial charge in [0.15, 0.2) is 0 Å². The summed E-state index contributed by atoms with van der Waals surface area (Å²) in [5, 5.41) is 17.2. The zero-order valence-corrected chi connectivity index (χ0v) is 17.3. The Balaban J connectivity index is 1.64. The average Bonchev–Trinajstić information content (AvgIpc) is 3.21. The Bertz CT molecular complexity index is 1320. The standard InChI is InChI=1S/C19H16ClN7O2S/c1-12-9-14(30(21,28)29)7-8-16(12)24-19-22-10-15(20)18(25-19)17-11-23-27(26-17)13-5-3-2-4-6-13/h2-11H,1H3,(H2,21,28,29)(H,22,24,25). The number of nitrogens with zero attached hydrogens (tertiary/aromatic N) is 5. The molecule has 0 radical (unpaired) electrons. The van der Waals surface area contributed by atoms with Gasteiger partial charge in [-0.15, -0.1) is 5.10 Å². The number of anilines is 2. The number of para-hydroxylation sites is 1. The number of nitrogens with two attached hydrogens (primary N) is 1. The molecule has 2 aromatic heterocycles. The number of nitrogens with one attached hydrogen (secondary N) is 1. The molecule has 0 aliphatic rings. The van der Waals surface area contributed by atoms with Crippen molar-refractivity contribution in [2.45, 2.75) is 11.8 Å². The van der Waals surface area contributed by atoms with Crippen LogP contribution in [0.3, 0.4) is 0 Å². The smallest absolute Gasteiger partial charge is 0.238 e. The molecule has 0 bridgehead atoms. The van der Waals surface area contributed by atoms with Crippen LogP contribution >= 0.6 is 11.6 Å². The van der Waals surface area contributed by atoms with Crippen molar-refractivity contribution in [1.29, 1.82) is 0 Å². The second-order valence-electron chi connectivity index (χ2n) is 6.39. The number of hydrogen-bond donors (Lipinski definition) is 2. The minimum atomic E-state index is -3.78. The van der Waals surface area contributed by atoms with Crippen molar-refractivity contribution >= 4 is 33.3 Å². The van der Waals surface area contributed by atoms with Gasteiger partial charge in [-0.05, 0) is 42.8 Å². The molecule has 3 N–H and O–H groups in total. The van der Waals surface area contributed by atoms with Gasteiger partial charge in [0.2, 0.25) is 16.0 Å². The Labute approximate surface area is 177 Å². The molecule has 0 unspecified atom stereocenters. The van der Waals surface area contributed by atoms with Crippen LogP contribution in [0.1, 0.15) is 5.56 Å². The van der Waals surface area contributed by atoms with Crippen LogP contribution in [0, 0.1) is 6.92 Å². The van der Waals surface area contributed by atoms with Gasteiger partial charge in [-0.25, -0.2) is 23.5 Å². The Morgan fingerprint density at radius 1 is 1.10 bits per heavy atom. The molecule has 0 fully saturated rings. The molecule has 11 heteroatoms. The fraction of sp³-hybridized carbons (Fsp3) is 0.0526. The van der Waals surface area contributed by atoms with E-state index in [0.29, 0.717) is 27.7 Å². The molecular formula is C19H16ClN7O2S. The van der Waals surface area contributed by atoms with Gasteiger partial charge in [-0.1, -0.05) is 29.8 Å². The fourth-order valence-electron chi connectivity index (χ4n) is 2.74. The second-order valence-corrected chi connectivity index (χ2v) is 8.36. The molecule has 4 aromatic rings. The summed E-state index contributed by atoms with van der Waals surface area (Å²) in [6.45, 7) is 1.75. The van der Waals surface area contributed by atoms with Crippen molar-refractivity contribution in [3.8, 4) is 17.1 Å². The van der Waals surface area contributed by atoms with E-state index in [1.165, 1.54) is 23.1 Å². The molecule has 0 amide bonds. The zero-order chi connectivity index (χ0) is 21.3. The maximum Gasteiger partial charge on any atom is 0.238 e. The lowest BCUT2D eigenvalue weighted by atomic mass is 10.2. The lowest BCUT2D eigenvalue weighted by molar-refractivity contribution is 0.597. The number of rotatable bonds is 5. The topological polar surface area (TPSA) is 129 Å². The van der Waals surface area contributed by atoms with E-state index in [4.69, 9.17) is 16.7 Å². The highest BCUT2D eigenvalue weighted by atomic mass is 35.5. The summed E-state index contributed by atoms with van der Waals surface area (Å²) < 4.78 is 23.0. The number of sulfonamides is 1. The number of benzene rings is 2. The summed E-state index contributed by atoms with van der Waals surface area (Å²) in [6, 6.07) is 13.9. The number of hydrogen-bond acceptors (Lipinski definition) is 7. The molecule has 0 spiro atoms. The molecule has 30 heavy (non-hydrogen) atoms. The van der Waals surface area contributed by atoms with Crippen LogP contribution in [-0.4, -0.2) is 33.4 Å². The van der Waals surface area contributed by atoms with Crippen molar-refractivity contribution in [1.82, 2.24) is 25.0 Å². The van der Waals surface area contributed by atoms with Crippen molar-refractivity contribution in [3.63, 3.8) is 0 Å². The molecule has 0 atom stereocenters. The molecule has 0 saturated carbocycles. The maximum atomic E-state index is 11.5. The van der Waals surface area contributed by atoms with Gasteiger partial charge in [-0.3, -0.25) is 0 Å². The Morgan fingerprint density at radius 3 is 2.57 bits per heavy atom. The monoisotopic (exact) mass is 441 g/mol. The molecule has 0 aliphatic carbocycles. The van der Waals surface area contributed by atoms with Gasteiger partial charge in [0, 0.05) is 5.69 Å². The molecule has 4 rings (SSSR count). The normalized spacial score (nSPS) is 11.4. The van der Waals surface area contributed by atoms with E-state index in [1.54, 1.807) is 19.2 Å². The molecule has 9 nitrogen and oxygen atoms in total. The van der Waals surface area contributed by atoms with Gasteiger partial charge >= 0.3 is 0 Å². The summed E-state index contributed by atoms with van der Waals surface area (Å²) >= 11 is 6.28.